The highest BCUT2D eigenvalue weighted by Gasteiger charge is 2.28. The van der Waals surface area contributed by atoms with Crippen LogP contribution in [-0.4, -0.2) is 27.3 Å². The van der Waals surface area contributed by atoms with Crippen molar-refractivity contribution in [1.29, 1.82) is 0 Å². The minimum Gasteiger partial charge on any atom is -0.484 e. The zero-order chi connectivity index (χ0) is 20.3. The van der Waals surface area contributed by atoms with Crippen LogP contribution in [0.15, 0.2) is 55.1 Å². The molecule has 1 aliphatic heterocycles. The first-order valence-electron chi connectivity index (χ1n) is 8.74. The number of halogens is 3. The Bertz CT molecular complexity index is 970. The fraction of sp³-hybridized carbons (Fsp3) is 0.222. The number of alkyl halides is 3. The molecule has 0 bridgehead atoms. The van der Waals surface area contributed by atoms with Gasteiger partial charge in [0.05, 0.1) is 18.6 Å². The van der Waals surface area contributed by atoms with Gasteiger partial charge in [-0.15, -0.1) is 0 Å². The summed E-state index contributed by atoms with van der Waals surface area (Å²) in [5, 5.41) is 0. The molecular weight excluding hydrogens is 387 g/mol. The van der Waals surface area contributed by atoms with Crippen LogP contribution in [0.2, 0.25) is 0 Å². The van der Waals surface area contributed by atoms with Crippen molar-refractivity contribution in [2.24, 2.45) is 0 Å². The lowest BCUT2D eigenvalue weighted by molar-refractivity contribution is -0.153. The van der Waals surface area contributed by atoms with Crippen molar-refractivity contribution >= 4 is 0 Å². The summed E-state index contributed by atoms with van der Waals surface area (Å²) >= 11 is 0. The molecule has 0 aliphatic carbocycles. The highest BCUT2D eigenvalue weighted by molar-refractivity contribution is 5.54. The maximum Gasteiger partial charge on any atom is 0.422 e. The molecule has 0 unspecified atom stereocenters. The van der Waals surface area contributed by atoms with E-state index in [1.54, 1.807) is 41.5 Å². The third-order valence-electron chi connectivity index (χ3n) is 4.23. The Morgan fingerprint density at radius 2 is 1.83 bits per heavy atom. The van der Waals surface area contributed by atoms with E-state index in [1.807, 2.05) is 12.1 Å². The number of rotatable bonds is 6. The van der Waals surface area contributed by atoms with Crippen molar-refractivity contribution in [2.75, 3.05) is 6.61 Å². The standard InChI is InChI=1S/C18H18F3N7O/c19-18(20,21)10-29-16-4-2-1-3-13(16)8-28-9-15(23-11-28)14-7-12(5-6-22-14)17-24-26-27-25-17/h1-7,9,11,17,24-27H,8,10H2. The first-order valence-corrected chi connectivity index (χ1v) is 8.74. The van der Waals surface area contributed by atoms with Gasteiger partial charge in [0.2, 0.25) is 0 Å². The lowest BCUT2D eigenvalue weighted by Gasteiger charge is -2.13. The van der Waals surface area contributed by atoms with E-state index >= 15 is 0 Å². The predicted molar refractivity (Wildman–Crippen MR) is 97.8 cm³/mol. The highest BCUT2D eigenvalue weighted by atomic mass is 19.4. The molecular formula is C18H18F3N7O. The maximum absolute atomic E-state index is 12.5. The zero-order valence-electron chi connectivity index (χ0n) is 15.1. The minimum absolute atomic E-state index is 0.128. The summed E-state index contributed by atoms with van der Waals surface area (Å²) in [7, 11) is 0. The normalized spacial score (nSPS) is 15.0. The molecule has 0 radical (unpaired) electrons. The molecule has 0 atom stereocenters. The number of benzene rings is 1. The molecule has 1 aliphatic rings. The number of hydrazine groups is 3. The van der Waals surface area contributed by atoms with Crippen LogP contribution in [-0.2, 0) is 6.54 Å². The number of nitrogens with one attached hydrogen (secondary N) is 4. The van der Waals surface area contributed by atoms with Crippen LogP contribution in [0.1, 0.15) is 17.3 Å². The number of ether oxygens (including phenoxy) is 1. The second-order valence-electron chi connectivity index (χ2n) is 6.39. The van der Waals surface area contributed by atoms with Gasteiger partial charge in [-0.2, -0.15) is 24.2 Å². The van der Waals surface area contributed by atoms with Crippen LogP contribution in [0.5, 0.6) is 5.75 Å². The van der Waals surface area contributed by atoms with Gasteiger partial charge in [0.25, 0.3) is 0 Å². The van der Waals surface area contributed by atoms with E-state index in [-0.39, 0.29) is 11.9 Å². The van der Waals surface area contributed by atoms with Crippen molar-refractivity contribution in [1.82, 2.24) is 36.5 Å². The Balaban J connectivity index is 1.50. The minimum atomic E-state index is -4.39. The van der Waals surface area contributed by atoms with Gasteiger partial charge in [-0.05, 0) is 23.8 Å². The number of nitrogens with zero attached hydrogens (tertiary/aromatic N) is 3. The molecule has 152 valence electrons. The lowest BCUT2D eigenvalue weighted by atomic mass is 10.1. The average molecular weight is 405 g/mol. The van der Waals surface area contributed by atoms with Gasteiger partial charge < -0.3 is 9.30 Å². The molecule has 0 amide bonds. The number of pyridine rings is 1. The van der Waals surface area contributed by atoms with Gasteiger partial charge in [-0.3, -0.25) is 4.98 Å². The summed E-state index contributed by atoms with van der Waals surface area (Å²) in [6.45, 7) is -1.01. The monoisotopic (exact) mass is 405 g/mol. The van der Waals surface area contributed by atoms with Gasteiger partial charge in [-0.1, -0.05) is 18.2 Å². The predicted octanol–water partition coefficient (Wildman–Crippen LogP) is 2.05. The molecule has 0 saturated carbocycles. The third-order valence-corrected chi connectivity index (χ3v) is 4.23. The second kappa shape index (κ2) is 8.17. The van der Waals surface area contributed by atoms with Crippen molar-refractivity contribution in [3.8, 4) is 17.1 Å². The molecule has 1 saturated heterocycles. The molecule has 3 aromatic rings. The fourth-order valence-corrected chi connectivity index (χ4v) is 2.90. The quantitative estimate of drug-likeness (QED) is 0.499. The van der Waals surface area contributed by atoms with Crippen LogP contribution >= 0.6 is 0 Å². The molecule has 3 heterocycles. The van der Waals surface area contributed by atoms with E-state index in [0.29, 0.717) is 23.5 Å². The summed E-state index contributed by atoms with van der Waals surface area (Å²) in [5.74, 6) is 0.193. The zero-order valence-corrected chi connectivity index (χ0v) is 15.1. The summed E-state index contributed by atoms with van der Waals surface area (Å²) < 4.78 is 44.1. The van der Waals surface area contributed by atoms with E-state index in [9.17, 15) is 13.2 Å². The van der Waals surface area contributed by atoms with E-state index < -0.39 is 12.8 Å². The fourth-order valence-electron chi connectivity index (χ4n) is 2.90. The first-order chi connectivity index (χ1) is 14.0. The molecule has 4 N–H and O–H groups in total. The number of para-hydroxylation sites is 1. The Morgan fingerprint density at radius 3 is 2.62 bits per heavy atom. The second-order valence-corrected chi connectivity index (χ2v) is 6.39. The van der Waals surface area contributed by atoms with Crippen molar-refractivity contribution < 1.29 is 17.9 Å². The molecule has 1 aromatic carbocycles. The molecule has 29 heavy (non-hydrogen) atoms. The average Bonchev–Trinajstić information content (AvgIpc) is 3.39. The van der Waals surface area contributed by atoms with Gasteiger partial charge in [0.15, 0.2) is 6.61 Å². The third kappa shape index (κ3) is 4.90. The smallest absolute Gasteiger partial charge is 0.422 e. The van der Waals surface area contributed by atoms with Crippen LogP contribution in [0, 0.1) is 0 Å². The van der Waals surface area contributed by atoms with E-state index in [2.05, 4.69) is 31.9 Å². The van der Waals surface area contributed by atoms with Crippen molar-refractivity contribution in [3.05, 3.63) is 66.2 Å². The van der Waals surface area contributed by atoms with E-state index in [0.717, 1.165) is 5.56 Å². The van der Waals surface area contributed by atoms with Gasteiger partial charge >= 0.3 is 6.18 Å². The largest absolute Gasteiger partial charge is 0.484 e. The molecule has 8 nitrogen and oxygen atoms in total. The Hall–Kier alpha value is -2.99. The van der Waals surface area contributed by atoms with Crippen LogP contribution in [0.4, 0.5) is 13.2 Å². The number of hydrogen-bond donors (Lipinski definition) is 4. The number of hydrogen-bond acceptors (Lipinski definition) is 7. The first kappa shape index (κ1) is 19.3. The van der Waals surface area contributed by atoms with Crippen molar-refractivity contribution in [3.63, 3.8) is 0 Å². The van der Waals surface area contributed by atoms with E-state index in [1.165, 1.54) is 6.07 Å². The molecule has 1 fully saturated rings. The Kier molecular flexibility index (Phi) is 5.45. The summed E-state index contributed by atoms with van der Waals surface area (Å²) in [5.41, 5.74) is 14.4. The van der Waals surface area contributed by atoms with Gasteiger partial charge in [-0.25, -0.2) is 15.8 Å². The van der Waals surface area contributed by atoms with Crippen LogP contribution in [0.25, 0.3) is 11.4 Å². The highest BCUT2D eigenvalue weighted by Crippen LogP contribution is 2.24. The summed E-state index contributed by atoms with van der Waals surface area (Å²) in [6, 6.07) is 10.4. The SMILES string of the molecule is FC(F)(F)COc1ccccc1Cn1cnc(-c2cc(C3NNNN3)ccn2)c1. The Labute approximate surface area is 164 Å². The molecule has 0 spiro atoms. The number of aromatic nitrogens is 3. The summed E-state index contributed by atoms with van der Waals surface area (Å²) in [6.07, 6.45) is 0.570. The molecule has 2 aromatic heterocycles. The molecule has 4 rings (SSSR count). The van der Waals surface area contributed by atoms with Crippen LogP contribution < -0.4 is 26.7 Å². The Morgan fingerprint density at radius 1 is 1.03 bits per heavy atom. The summed E-state index contributed by atoms with van der Waals surface area (Å²) in [4.78, 5) is 8.73. The van der Waals surface area contributed by atoms with E-state index in [4.69, 9.17) is 4.74 Å². The number of imidazole rings is 1. The topological polar surface area (TPSA) is 88.1 Å². The van der Waals surface area contributed by atoms with Crippen LogP contribution in [0.3, 0.4) is 0 Å². The maximum atomic E-state index is 12.5. The lowest BCUT2D eigenvalue weighted by Crippen LogP contribution is -2.33. The van der Waals surface area contributed by atoms with Gasteiger partial charge in [0, 0.05) is 18.0 Å². The molecule has 11 heteroatoms. The van der Waals surface area contributed by atoms with Crippen molar-refractivity contribution in [2.45, 2.75) is 18.9 Å². The van der Waals surface area contributed by atoms with Gasteiger partial charge in [0.1, 0.15) is 17.6 Å².